The monoisotopic (exact) mass is 500 g/mol. The summed E-state index contributed by atoms with van der Waals surface area (Å²) in [5, 5.41) is 0.889. The average Bonchev–Trinajstić information content (AvgIpc) is 2.72. The Hall–Kier alpha value is -2.09. The summed E-state index contributed by atoms with van der Waals surface area (Å²) >= 11 is 11.9. The fourth-order valence-electron chi connectivity index (χ4n) is 4.46. The first-order valence-electron chi connectivity index (χ1n) is 10.5. The molecule has 1 amide bonds. The molecule has 2 fully saturated rings. The van der Waals surface area contributed by atoms with Crippen molar-refractivity contribution in [2.45, 2.75) is 25.6 Å². The smallest absolute Gasteiger partial charge is 0.338 e. The molecule has 4 rings (SSSR count). The summed E-state index contributed by atoms with van der Waals surface area (Å²) in [4.78, 5) is 16.4. The topological polar surface area (TPSA) is 23.6 Å². The average molecular weight is 501 g/mol. The van der Waals surface area contributed by atoms with E-state index in [1.807, 2.05) is 0 Å². The van der Waals surface area contributed by atoms with Crippen LogP contribution >= 0.6 is 23.2 Å². The van der Waals surface area contributed by atoms with Crippen LogP contribution in [0.2, 0.25) is 10.0 Å². The number of hydrogen-bond donors (Lipinski definition) is 0. The number of halogens is 6. The van der Waals surface area contributed by atoms with Gasteiger partial charge in [-0.25, -0.2) is 4.39 Å². The zero-order valence-corrected chi connectivity index (χ0v) is 19.2. The highest BCUT2D eigenvalue weighted by atomic mass is 35.5. The Morgan fingerprint density at radius 3 is 2.33 bits per heavy atom. The molecule has 2 aliphatic rings. The van der Waals surface area contributed by atoms with Crippen molar-refractivity contribution < 1.29 is 22.4 Å². The second-order valence-electron chi connectivity index (χ2n) is 8.79. The molecule has 0 saturated carbocycles. The van der Waals surface area contributed by atoms with Crippen molar-refractivity contribution in [3.63, 3.8) is 0 Å². The van der Waals surface area contributed by atoms with Crippen molar-refractivity contribution in [1.29, 1.82) is 0 Å². The van der Waals surface area contributed by atoms with E-state index in [0.717, 1.165) is 43.6 Å². The molecule has 2 heterocycles. The molecule has 0 bridgehead atoms. The molecular formula is C24H22Cl2F4N2O. The minimum absolute atomic E-state index is 0.0608. The molecule has 1 spiro atoms. The van der Waals surface area contributed by atoms with E-state index in [1.54, 1.807) is 29.2 Å². The molecule has 176 valence electrons. The summed E-state index contributed by atoms with van der Waals surface area (Å²) in [6.45, 7) is 3.27. The van der Waals surface area contributed by atoms with Gasteiger partial charge in [-0.15, -0.1) is 0 Å². The van der Waals surface area contributed by atoms with Crippen LogP contribution in [0, 0.1) is 11.2 Å². The van der Waals surface area contributed by atoms with Crippen molar-refractivity contribution in [3.05, 3.63) is 75.0 Å². The van der Waals surface area contributed by atoms with Gasteiger partial charge in [0.05, 0.1) is 15.6 Å². The maximum Gasteiger partial charge on any atom is 0.419 e. The van der Waals surface area contributed by atoms with Crippen molar-refractivity contribution >= 4 is 35.2 Å². The second-order valence-corrected chi connectivity index (χ2v) is 9.60. The molecule has 2 saturated heterocycles. The summed E-state index contributed by atoms with van der Waals surface area (Å²) in [5.41, 5.74) is 0.154. The van der Waals surface area contributed by atoms with Gasteiger partial charge in [-0.2, -0.15) is 13.2 Å². The maximum atomic E-state index is 13.8. The second kappa shape index (κ2) is 9.28. The lowest BCUT2D eigenvalue weighted by Gasteiger charge is -2.53. The third kappa shape index (κ3) is 5.53. The van der Waals surface area contributed by atoms with Gasteiger partial charge < -0.3 is 4.90 Å². The Kier molecular flexibility index (Phi) is 6.76. The van der Waals surface area contributed by atoms with Crippen molar-refractivity contribution in [3.8, 4) is 0 Å². The minimum Gasteiger partial charge on any atom is -0.338 e. The number of hydrogen-bond acceptors (Lipinski definition) is 2. The zero-order chi connectivity index (χ0) is 23.8. The molecule has 0 atom stereocenters. The minimum atomic E-state index is -4.69. The van der Waals surface area contributed by atoms with Crippen LogP contribution in [0.5, 0.6) is 0 Å². The SMILES string of the molecule is O=C(C=Cc1ccc(Cl)c(Cl)c1)N1CC2(CCN(Cc3ccc(C(F)(F)F)c(F)c3)CC2)C1. The van der Waals surface area contributed by atoms with Crippen LogP contribution in [0.25, 0.3) is 6.08 Å². The van der Waals surface area contributed by atoms with E-state index in [0.29, 0.717) is 35.2 Å². The lowest BCUT2D eigenvalue weighted by molar-refractivity contribution is -0.141. The number of carbonyl (C=O) groups excluding carboxylic acids is 1. The fraction of sp³-hybridized carbons (Fsp3) is 0.375. The van der Waals surface area contributed by atoms with Gasteiger partial charge in [0.2, 0.25) is 5.91 Å². The molecule has 0 unspecified atom stereocenters. The Morgan fingerprint density at radius 1 is 1.03 bits per heavy atom. The molecule has 3 nitrogen and oxygen atoms in total. The van der Waals surface area contributed by atoms with Crippen LogP contribution in [0.15, 0.2) is 42.5 Å². The number of piperidine rings is 1. The normalized spacial score (nSPS) is 18.7. The zero-order valence-electron chi connectivity index (χ0n) is 17.6. The van der Waals surface area contributed by atoms with E-state index < -0.39 is 17.6 Å². The van der Waals surface area contributed by atoms with Crippen molar-refractivity contribution in [2.75, 3.05) is 26.2 Å². The number of amides is 1. The number of nitrogens with zero attached hydrogens (tertiary/aromatic N) is 2. The van der Waals surface area contributed by atoms with Gasteiger partial charge in [-0.05, 0) is 67.4 Å². The van der Waals surface area contributed by atoms with Gasteiger partial charge in [0.15, 0.2) is 0 Å². The number of carbonyl (C=O) groups is 1. The first kappa shape index (κ1) is 24.0. The number of benzene rings is 2. The van der Waals surface area contributed by atoms with E-state index in [1.165, 1.54) is 12.1 Å². The van der Waals surface area contributed by atoms with E-state index >= 15 is 0 Å². The summed E-state index contributed by atoms with van der Waals surface area (Å²) in [6, 6.07) is 8.27. The summed E-state index contributed by atoms with van der Waals surface area (Å²) in [5.74, 6) is -1.30. The highest BCUT2D eigenvalue weighted by molar-refractivity contribution is 6.42. The predicted molar refractivity (Wildman–Crippen MR) is 120 cm³/mol. The number of rotatable bonds is 4. The number of likely N-dealkylation sites (tertiary alicyclic amines) is 2. The van der Waals surface area contributed by atoms with Crippen LogP contribution in [0.4, 0.5) is 17.6 Å². The quantitative estimate of drug-likeness (QED) is 0.363. The highest BCUT2D eigenvalue weighted by Gasteiger charge is 2.46. The summed E-state index contributed by atoms with van der Waals surface area (Å²) in [6.07, 6.45) is 0.319. The first-order chi connectivity index (χ1) is 15.5. The third-order valence-corrected chi connectivity index (χ3v) is 7.13. The standard InChI is InChI=1S/C24H22Cl2F4N2O/c25-19-5-2-16(11-20(19)26)3-6-22(33)32-14-23(15-32)7-9-31(10-8-23)13-17-1-4-18(21(27)12-17)24(28,29)30/h1-6,11-12H,7-10,13-15H2. The van der Waals surface area contributed by atoms with E-state index in [-0.39, 0.29) is 11.3 Å². The van der Waals surface area contributed by atoms with Gasteiger partial charge >= 0.3 is 6.18 Å². The van der Waals surface area contributed by atoms with Gasteiger partial charge in [0.25, 0.3) is 0 Å². The van der Waals surface area contributed by atoms with Crippen molar-refractivity contribution in [1.82, 2.24) is 9.80 Å². The van der Waals surface area contributed by atoms with Crippen molar-refractivity contribution in [2.24, 2.45) is 5.41 Å². The van der Waals surface area contributed by atoms with Crippen LogP contribution < -0.4 is 0 Å². The molecule has 0 radical (unpaired) electrons. The lowest BCUT2D eigenvalue weighted by atomic mass is 9.72. The van der Waals surface area contributed by atoms with Crippen LogP contribution in [0.1, 0.15) is 29.5 Å². The summed E-state index contributed by atoms with van der Waals surface area (Å²) < 4.78 is 52.0. The highest BCUT2D eigenvalue weighted by Crippen LogP contribution is 2.41. The van der Waals surface area contributed by atoms with Gasteiger partial charge in [-0.3, -0.25) is 9.69 Å². The van der Waals surface area contributed by atoms with E-state index in [9.17, 15) is 22.4 Å². The molecule has 2 aliphatic heterocycles. The fourth-order valence-corrected chi connectivity index (χ4v) is 4.76. The number of alkyl halides is 3. The maximum absolute atomic E-state index is 13.8. The molecule has 2 aromatic rings. The predicted octanol–water partition coefficient (Wildman–Crippen LogP) is 6.29. The van der Waals surface area contributed by atoms with E-state index in [4.69, 9.17) is 23.2 Å². The molecule has 0 aliphatic carbocycles. The Balaban J connectivity index is 1.26. The lowest BCUT2D eigenvalue weighted by Crippen LogP contribution is -2.61. The molecular weight excluding hydrogens is 479 g/mol. The molecule has 2 aromatic carbocycles. The van der Waals surface area contributed by atoms with Crippen LogP contribution in [-0.2, 0) is 17.5 Å². The Bertz CT molecular complexity index is 1070. The Labute approximate surface area is 199 Å². The summed E-state index contributed by atoms with van der Waals surface area (Å²) in [7, 11) is 0. The third-order valence-electron chi connectivity index (χ3n) is 6.39. The first-order valence-corrected chi connectivity index (χ1v) is 11.3. The van der Waals surface area contributed by atoms with Gasteiger partial charge in [0.1, 0.15) is 5.82 Å². The Morgan fingerprint density at radius 2 is 1.73 bits per heavy atom. The van der Waals surface area contributed by atoms with Crippen LogP contribution in [0.3, 0.4) is 0 Å². The van der Waals surface area contributed by atoms with Gasteiger partial charge in [0, 0.05) is 31.1 Å². The molecule has 0 aromatic heterocycles. The molecule has 9 heteroatoms. The molecule has 0 N–H and O–H groups in total. The molecule has 33 heavy (non-hydrogen) atoms. The largest absolute Gasteiger partial charge is 0.419 e. The van der Waals surface area contributed by atoms with E-state index in [2.05, 4.69) is 4.90 Å². The van der Waals surface area contributed by atoms with Crippen LogP contribution in [-0.4, -0.2) is 41.9 Å². The van der Waals surface area contributed by atoms with Gasteiger partial charge in [-0.1, -0.05) is 35.3 Å².